The van der Waals surface area contributed by atoms with Gasteiger partial charge in [0.05, 0.1) is 17.6 Å². The van der Waals surface area contributed by atoms with Gasteiger partial charge in [-0.2, -0.15) is 4.39 Å². The highest BCUT2D eigenvalue weighted by Gasteiger charge is 2.14. The third-order valence-corrected chi connectivity index (χ3v) is 3.21. The fourth-order valence-corrected chi connectivity index (χ4v) is 1.97. The lowest BCUT2D eigenvalue weighted by Crippen LogP contribution is -2.08. The molecule has 20 heavy (non-hydrogen) atoms. The quantitative estimate of drug-likeness (QED) is 0.378. The van der Waals surface area contributed by atoms with Crippen molar-refractivity contribution >= 4 is 5.69 Å². The van der Waals surface area contributed by atoms with Crippen molar-refractivity contribution in [1.29, 1.82) is 0 Å². The number of halogens is 1. The third-order valence-electron chi connectivity index (χ3n) is 3.21. The Morgan fingerprint density at radius 1 is 1.35 bits per heavy atom. The molecule has 0 amide bonds. The van der Waals surface area contributed by atoms with E-state index in [0.717, 1.165) is 12.8 Å². The minimum Gasteiger partial charge on any atom is -0.374 e. The molecule has 1 aromatic carbocycles. The van der Waals surface area contributed by atoms with Crippen LogP contribution < -0.4 is 0 Å². The Bertz CT molecular complexity index is 437. The van der Waals surface area contributed by atoms with E-state index in [2.05, 4.69) is 6.92 Å². The van der Waals surface area contributed by atoms with Crippen molar-refractivity contribution in [2.75, 3.05) is 0 Å². The summed E-state index contributed by atoms with van der Waals surface area (Å²) in [6, 6.07) is 3.88. The van der Waals surface area contributed by atoms with Gasteiger partial charge in [0.2, 0.25) is 5.82 Å². The standard InChI is InChI=1S/C15H22FNO3/c1-3-4-5-6-7-12(2)20-11-13-8-9-15(17(18)19)14(16)10-13/h8-10,12H,3-7,11H2,1-2H3. The van der Waals surface area contributed by atoms with Gasteiger partial charge in [-0.15, -0.1) is 0 Å². The zero-order valence-electron chi connectivity index (χ0n) is 12.1. The predicted octanol–water partition coefficient (Wildman–Crippen LogP) is 4.61. The number of ether oxygens (including phenoxy) is 1. The highest BCUT2D eigenvalue weighted by atomic mass is 19.1. The molecule has 0 radical (unpaired) electrons. The summed E-state index contributed by atoms with van der Waals surface area (Å²) in [6.07, 6.45) is 5.87. The monoisotopic (exact) mass is 283 g/mol. The number of nitro benzene ring substituents is 1. The number of hydrogen-bond donors (Lipinski definition) is 0. The first-order valence-corrected chi connectivity index (χ1v) is 7.09. The second-order valence-corrected chi connectivity index (χ2v) is 5.01. The fourth-order valence-electron chi connectivity index (χ4n) is 1.97. The molecule has 0 N–H and O–H groups in total. The van der Waals surface area contributed by atoms with Crippen molar-refractivity contribution in [3.63, 3.8) is 0 Å². The maximum atomic E-state index is 13.4. The van der Waals surface area contributed by atoms with Gasteiger partial charge in [0.1, 0.15) is 0 Å². The first kappa shape index (κ1) is 16.6. The van der Waals surface area contributed by atoms with E-state index in [1.165, 1.54) is 37.5 Å². The van der Waals surface area contributed by atoms with Crippen LogP contribution in [0.5, 0.6) is 0 Å². The number of nitro groups is 1. The van der Waals surface area contributed by atoms with E-state index in [0.29, 0.717) is 5.56 Å². The maximum Gasteiger partial charge on any atom is 0.304 e. The van der Waals surface area contributed by atoms with Gasteiger partial charge in [0.25, 0.3) is 0 Å². The molecule has 5 heteroatoms. The van der Waals surface area contributed by atoms with Crippen molar-refractivity contribution in [3.05, 3.63) is 39.7 Å². The number of benzene rings is 1. The SMILES string of the molecule is CCCCCCC(C)OCc1ccc([N+](=O)[O-])c(F)c1. The molecule has 0 saturated heterocycles. The van der Waals surface area contributed by atoms with E-state index >= 15 is 0 Å². The van der Waals surface area contributed by atoms with Crippen LogP contribution in [0.3, 0.4) is 0 Å². The lowest BCUT2D eigenvalue weighted by atomic mass is 10.1. The molecule has 1 rings (SSSR count). The van der Waals surface area contributed by atoms with Crippen LogP contribution in [0.15, 0.2) is 18.2 Å². The molecule has 0 spiro atoms. The largest absolute Gasteiger partial charge is 0.374 e. The van der Waals surface area contributed by atoms with Crippen molar-refractivity contribution in [1.82, 2.24) is 0 Å². The average Bonchev–Trinajstić information content (AvgIpc) is 2.41. The van der Waals surface area contributed by atoms with Gasteiger partial charge >= 0.3 is 5.69 Å². The lowest BCUT2D eigenvalue weighted by molar-refractivity contribution is -0.387. The fraction of sp³-hybridized carbons (Fsp3) is 0.600. The average molecular weight is 283 g/mol. The molecule has 0 heterocycles. The zero-order chi connectivity index (χ0) is 15.0. The van der Waals surface area contributed by atoms with Gasteiger partial charge < -0.3 is 4.74 Å². The molecule has 0 aliphatic carbocycles. The van der Waals surface area contributed by atoms with E-state index in [1.807, 2.05) is 6.92 Å². The summed E-state index contributed by atoms with van der Waals surface area (Å²) in [5, 5.41) is 10.5. The first-order chi connectivity index (χ1) is 9.54. The second kappa shape index (κ2) is 8.64. The summed E-state index contributed by atoms with van der Waals surface area (Å²) in [6.45, 7) is 4.45. The maximum absolute atomic E-state index is 13.4. The molecule has 4 nitrogen and oxygen atoms in total. The molecule has 0 fully saturated rings. The summed E-state index contributed by atoms with van der Waals surface area (Å²) in [5.41, 5.74) is 0.120. The Balaban J connectivity index is 2.38. The van der Waals surface area contributed by atoms with Gasteiger partial charge in [0.15, 0.2) is 0 Å². The molecular formula is C15H22FNO3. The Hall–Kier alpha value is -1.49. The summed E-state index contributed by atoms with van der Waals surface area (Å²) >= 11 is 0. The Kier molecular flexibility index (Phi) is 7.15. The van der Waals surface area contributed by atoms with Crippen LogP contribution in [0.25, 0.3) is 0 Å². The number of rotatable bonds is 9. The van der Waals surface area contributed by atoms with Crippen LogP contribution in [0.4, 0.5) is 10.1 Å². The number of hydrogen-bond acceptors (Lipinski definition) is 3. The lowest BCUT2D eigenvalue weighted by Gasteiger charge is -2.13. The van der Waals surface area contributed by atoms with Crippen LogP contribution >= 0.6 is 0 Å². The Morgan fingerprint density at radius 3 is 2.70 bits per heavy atom. The molecule has 0 bridgehead atoms. The van der Waals surface area contributed by atoms with Crippen LogP contribution in [0, 0.1) is 15.9 Å². The predicted molar refractivity (Wildman–Crippen MR) is 76.1 cm³/mol. The zero-order valence-corrected chi connectivity index (χ0v) is 12.1. The minimum absolute atomic E-state index is 0.116. The van der Waals surface area contributed by atoms with Crippen molar-refractivity contribution in [3.8, 4) is 0 Å². The van der Waals surface area contributed by atoms with Gasteiger partial charge in [-0.1, -0.05) is 32.6 Å². The number of nitrogens with zero attached hydrogens (tertiary/aromatic N) is 1. The molecule has 1 unspecified atom stereocenters. The highest BCUT2D eigenvalue weighted by molar-refractivity contribution is 5.34. The van der Waals surface area contributed by atoms with Crippen LogP contribution in [0.1, 0.15) is 51.5 Å². The molecule has 1 aromatic rings. The minimum atomic E-state index is -0.813. The molecule has 0 aliphatic rings. The summed E-state index contributed by atoms with van der Waals surface area (Å²) in [7, 11) is 0. The van der Waals surface area contributed by atoms with Gasteiger partial charge in [-0.3, -0.25) is 10.1 Å². The topological polar surface area (TPSA) is 52.4 Å². The van der Waals surface area contributed by atoms with Crippen LogP contribution in [-0.2, 0) is 11.3 Å². The molecule has 1 atom stereocenters. The number of unbranched alkanes of at least 4 members (excludes halogenated alkanes) is 3. The molecular weight excluding hydrogens is 261 g/mol. The summed E-state index contributed by atoms with van der Waals surface area (Å²) in [5.74, 6) is -0.813. The normalized spacial score (nSPS) is 12.3. The van der Waals surface area contributed by atoms with Gasteiger partial charge in [-0.25, -0.2) is 0 Å². The second-order valence-electron chi connectivity index (χ2n) is 5.01. The van der Waals surface area contributed by atoms with Gasteiger partial charge in [0, 0.05) is 6.07 Å². The molecule has 0 aromatic heterocycles. The van der Waals surface area contributed by atoms with Crippen molar-refractivity contribution < 1.29 is 14.1 Å². The van der Waals surface area contributed by atoms with Crippen LogP contribution in [0.2, 0.25) is 0 Å². The summed E-state index contributed by atoms with van der Waals surface area (Å²) in [4.78, 5) is 9.78. The highest BCUT2D eigenvalue weighted by Crippen LogP contribution is 2.19. The van der Waals surface area contributed by atoms with Gasteiger partial charge in [-0.05, 0) is 31.0 Å². The Morgan fingerprint density at radius 2 is 2.10 bits per heavy atom. The molecule has 0 aliphatic heterocycles. The Labute approximate surface area is 119 Å². The van der Waals surface area contributed by atoms with Crippen LogP contribution in [-0.4, -0.2) is 11.0 Å². The van der Waals surface area contributed by atoms with E-state index in [1.54, 1.807) is 0 Å². The van der Waals surface area contributed by atoms with E-state index in [-0.39, 0.29) is 12.7 Å². The van der Waals surface area contributed by atoms with E-state index < -0.39 is 16.4 Å². The summed E-state index contributed by atoms with van der Waals surface area (Å²) < 4.78 is 19.0. The molecule has 0 saturated carbocycles. The third kappa shape index (κ3) is 5.65. The smallest absolute Gasteiger partial charge is 0.304 e. The molecule has 112 valence electrons. The van der Waals surface area contributed by atoms with E-state index in [9.17, 15) is 14.5 Å². The van der Waals surface area contributed by atoms with Crippen molar-refractivity contribution in [2.24, 2.45) is 0 Å². The van der Waals surface area contributed by atoms with E-state index in [4.69, 9.17) is 4.74 Å². The first-order valence-electron chi connectivity index (χ1n) is 7.09. The van der Waals surface area contributed by atoms with Crippen molar-refractivity contribution in [2.45, 2.75) is 58.7 Å².